The quantitative estimate of drug-likeness (QED) is 0.819. The number of nitrogens with zero attached hydrogens (tertiary/aromatic N) is 3. The van der Waals surface area contributed by atoms with Crippen molar-refractivity contribution in [3.63, 3.8) is 0 Å². The Morgan fingerprint density at radius 2 is 1.95 bits per heavy atom. The molecule has 114 valence electrons. The standard InChI is InChI=1S/C14H25N3O3/c1-4-11-9-16(8-7-15(11)3)13(20)17-6-5-14(2,10-17)12(18)19/h11H,4-10H2,1-3H3,(H,18,19). The smallest absolute Gasteiger partial charge is 0.320 e. The van der Waals surface area contributed by atoms with Crippen LogP contribution in [0.3, 0.4) is 0 Å². The molecule has 0 bridgehead atoms. The van der Waals surface area contributed by atoms with Gasteiger partial charge in [-0.1, -0.05) is 6.92 Å². The molecule has 1 N–H and O–H groups in total. The molecule has 20 heavy (non-hydrogen) atoms. The van der Waals surface area contributed by atoms with E-state index in [1.165, 1.54) is 0 Å². The van der Waals surface area contributed by atoms with Crippen LogP contribution in [0.4, 0.5) is 4.79 Å². The molecular formula is C14H25N3O3. The summed E-state index contributed by atoms with van der Waals surface area (Å²) in [5.41, 5.74) is -0.785. The van der Waals surface area contributed by atoms with E-state index in [0.29, 0.717) is 25.6 Å². The number of carboxylic acids is 1. The number of hydrogen-bond acceptors (Lipinski definition) is 3. The molecule has 2 rings (SSSR count). The second-order valence-corrected chi connectivity index (χ2v) is 6.31. The molecule has 0 aromatic carbocycles. The molecule has 0 aliphatic carbocycles. The molecule has 6 heteroatoms. The predicted molar refractivity (Wildman–Crippen MR) is 75.6 cm³/mol. The Morgan fingerprint density at radius 1 is 1.25 bits per heavy atom. The Hall–Kier alpha value is -1.30. The Kier molecular flexibility index (Phi) is 4.22. The van der Waals surface area contributed by atoms with Gasteiger partial charge in [-0.05, 0) is 26.8 Å². The van der Waals surface area contributed by atoms with Gasteiger partial charge in [0.2, 0.25) is 0 Å². The van der Waals surface area contributed by atoms with Crippen molar-refractivity contribution in [3.8, 4) is 0 Å². The van der Waals surface area contributed by atoms with E-state index < -0.39 is 11.4 Å². The van der Waals surface area contributed by atoms with Crippen LogP contribution in [0.1, 0.15) is 26.7 Å². The highest BCUT2D eigenvalue weighted by molar-refractivity contribution is 5.79. The topological polar surface area (TPSA) is 64.1 Å². The van der Waals surface area contributed by atoms with Crippen molar-refractivity contribution < 1.29 is 14.7 Å². The lowest BCUT2D eigenvalue weighted by Crippen LogP contribution is -2.56. The molecule has 0 aromatic heterocycles. The van der Waals surface area contributed by atoms with Gasteiger partial charge in [-0.2, -0.15) is 0 Å². The van der Waals surface area contributed by atoms with Crippen molar-refractivity contribution >= 4 is 12.0 Å². The molecule has 2 aliphatic heterocycles. The van der Waals surface area contributed by atoms with Crippen molar-refractivity contribution in [2.75, 3.05) is 39.8 Å². The molecule has 0 radical (unpaired) electrons. The number of carboxylic acid groups (broad SMARTS) is 1. The molecular weight excluding hydrogens is 258 g/mol. The largest absolute Gasteiger partial charge is 0.481 e. The van der Waals surface area contributed by atoms with Crippen LogP contribution in [-0.2, 0) is 4.79 Å². The Morgan fingerprint density at radius 3 is 2.50 bits per heavy atom. The van der Waals surface area contributed by atoms with E-state index in [4.69, 9.17) is 0 Å². The summed E-state index contributed by atoms with van der Waals surface area (Å²) >= 11 is 0. The summed E-state index contributed by atoms with van der Waals surface area (Å²) < 4.78 is 0. The van der Waals surface area contributed by atoms with Gasteiger partial charge in [0.05, 0.1) is 5.41 Å². The first kappa shape index (κ1) is 15.1. The van der Waals surface area contributed by atoms with Crippen LogP contribution < -0.4 is 0 Å². The highest BCUT2D eigenvalue weighted by atomic mass is 16.4. The molecule has 0 saturated carbocycles. The lowest BCUT2D eigenvalue weighted by atomic mass is 9.90. The first-order valence-electron chi connectivity index (χ1n) is 7.35. The zero-order valence-corrected chi connectivity index (χ0v) is 12.6. The summed E-state index contributed by atoms with van der Waals surface area (Å²) in [5.74, 6) is -0.808. The van der Waals surface area contributed by atoms with E-state index in [1.807, 2.05) is 4.90 Å². The minimum atomic E-state index is -0.808. The summed E-state index contributed by atoms with van der Waals surface area (Å²) in [5, 5.41) is 9.24. The van der Waals surface area contributed by atoms with Gasteiger partial charge in [0.1, 0.15) is 0 Å². The Balaban J connectivity index is 1.97. The fourth-order valence-corrected chi connectivity index (χ4v) is 3.06. The van der Waals surface area contributed by atoms with Crippen LogP contribution in [0.2, 0.25) is 0 Å². The fraction of sp³-hybridized carbons (Fsp3) is 0.857. The van der Waals surface area contributed by atoms with Gasteiger partial charge in [0.15, 0.2) is 0 Å². The molecule has 2 heterocycles. The average molecular weight is 283 g/mol. The number of piperazine rings is 1. The van der Waals surface area contributed by atoms with E-state index in [9.17, 15) is 14.7 Å². The third kappa shape index (κ3) is 2.75. The van der Waals surface area contributed by atoms with Crippen LogP contribution in [0, 0.1) is 5.41 Å². The van der Waals surface area contributed by atoms with Crippen LogP contribution in [0.5, 0.6) is 0 Å². The lowest BCUT2D eigenvalue weighted by Gasteiger charge is -2.40. The fourth-order valence-electron chi connectivity index (χ4n) is 3.06. The maximum absolute atomic E-state index is 12.5. The third-order valence-corrected chi connectivity index (χ3v) is 4.78. The molecule has 6 nitrogen and oxygen atoms in total. The van der Waals surface area contributed by atoms with Gasteiger partial charge in [0, 0.05) is 38.8 Å². The number of aliphatic carboxylic acids is 1. The maximum Gasteiger partial charge on any atom is 0.320 e. The van der Waals surface area contributed by atoms with Gasteiger partial charge in [-0.3, -0.25) is 9.69 Å². The van der Waals surface area contributed by atoms with Crippen LogP contribution >= 0.6 is 0 Å². The molecule has 2 amide bonds. The highest BCUT2D eigenvalue weighted by Gasteiger charge is 2.43. The van der Waals surface area contributed by atoms with Crippen molar-refractivity contribution in [1.82, 2.24) is 14.7 Å². The van der Waals surface area contributed by atoms with Crippen molar-refractivity contribution in [1.29, 1.82) is 0 Å². The first-order valence-corrected chi connectivity index (χ1v) is 7.35. The first-order chi connectivity index (χ1) is 9.37. The van der Waals surface area contributed by atoms with E-state index in [1.54, 1.807) is 11.8 Å². The van der Waals surface area contributed by atoms with Gasteiger partial charge in [0.25, 0.3) is 0 Å². The Labute approximate surface area is 120 Å². The van der Waals surface area contributed by atoms with Gasteiger partial charge in [-0.15, -0.1) is 0 Å². The SMILES string of the molecule is CCC1CN(C(=O)N2CCC(C)(C(=O)O)C2)CCN1C. The van der Waals surface area contributed by atoms with Crippen molar-refractivity contribution in [2.24, 2.45) is 5.41 Å². The number of carbonyl (C=O) groups is 2. The average Bonchev–Trinajstić information content (AvgIpc) is 2.82. The van der Waals surface area contributed by atoms with Crippen LogP contribution in [-0.4, -0.2) is 77.6 Å². The van der Waals surface area contributed by atoms with E-state index >= 15 is 0 Å². The molecule has 0 aromatic rings. The summed E-state index contributed by atoms with van der Waals surface area (Å²) in [4.78, 5) is 29.6. The lowest BCUT2D eigenvalue weighted by molar-refractivity contribution is -0.147. The third-order valence-electron chi connectivity index (χ3n) is 4.78. The van der Waals surface area contributed by atoms with Crippen molar-refractivity contribution in [3.05, 3.63) is 0 Å². The van der Waals surface area contributed by atoms with Crippen LogP contribution in [0.25, 0.3) is 0 Å². The van der Waals surface area contributed by atoms with Crippen LogP contribution in [0.15, 0.2) is 0 Å². The van der Waals surface area contributed by atoms with E-state index in [0.717, 1.165) is 26.1 Å². The van der Waals surface area contributed by atoms with Crippen molar-refractivity contribution in [2.45, 2.75) is 32.7 Å². The molecule has 2 aliphatic rings. The summed E-state index contributed by atoms with van der Waals surface area (Å²) in [7, 11) is 2.09. The molecule has 2 saturated heterocycles. The van der Waals surface area contributed by atoms with Gasteiger partial charge < -0.3 is 14.9 Å². The minimum absolute atomic E-state index is 0.00141. The molecule has 2 atom stereocenters. The summed E-state index contributed by atoms with van der Waals surface area (Å²) in [6.45, 7) is 7.08. The summed E-state index contributed by atoms with van der Waals surface area (Å²) in [6.07, 6.45) is 1.56. The number of hydrogen-bond donors (Lipinski definition) is 1. The zero-order chi connectivity index (χ0) is 14.9. The number of carbonyl (C=O) groups excluding carboxylic acids is 1. The number of rotatable bonds is 2. The normalized spacial score (nSPS) is 31.6. The Bertz CT molecular complexity index is 401. The van der Waals surface area contributed by atoms with Gasteiger partial charge in [-0.25, -0.2) is 4.79 Å². The number of likely N-dealkylation sites (tertiary alicyclic amines) is 1. The minimum Gasteiger partial charge on any atom is -0.481 e. The zero-order valence-electron chi connectivity index (χ0n) is 12.6. The number of likely N-dealkylation sites (N-methyl/N-ethyl adjacent to an activating group) is 1. The predicted octanol–water partition coefficient (Wildman–Crippen LogP) is 0.929. The second-order valence-electron chi connectivity index (χ2n) is 6.31. The summed E-state index contributed by atoms with van der Waals surface area (Å²) in [6, 6.07) is 0.405. The molecule has 0 spiro atoms. The number of amides is 2. The molecule has 2 unspecified atom stereocenters. The maximum atomic E-state index is 12.5. The van der Waals surface area contributed by atoms with E-state index in [2.05, 4.69) is 18.9 Å². The second kappa shape index (κ2) is 5.60. The van der Waals surface area contributed by atoms with E-state index in [-0.39, 0.29) is 6.03 Å². The highest BCUT2D eigenvalue weighted by Crippen LogP contribution is 2.31. The number of urea groups is 1. The molecule has 2 fully saturated rings. The monoisotopic (exact) mass is 283 g/mol. The van der Waals surface area contributed by atoms with Gasteiger partial charge >= 0.3 is 12.0 Å².